The van der Waals surface area contributed by atoms with E-state index in [0.717, 1.165) is 5.56 Å². The number of hydrogen-bond donors (Lipinski definition) is 2. The van der Waals surface area contributed by atoms with Gasteiger partial charge in [-0.3, -0.25) is 9.69 Å². The van der Waals surface area contributed by atoms with Gasteiger partial charge in [0.25, 0.3) is 0 Å². The first-order valence-corrected chi connectivity index (χ1v) is 9.14. The van der Waals surface area contributed by atoms with Gasteiger partial charge in [-0.25, -0.2) is 4.79 Å². The highest BCUT2D eigenvalue weighted by Crippen LogP contribution is 2.49. The summed E-state index contributed by atoms with van der Waals surface area (Å²) in [5, 5.41) is 20.5. The lowest BCUT2D eigenvalue weighted by Crippen LogP contribution is -2.43. The van der Waals surface area contributed by atoms with Gasteiger partial charge in [-0.15, -0.1) is 0 Å². The lowest BCUT2D eigenvalue weighted by molar-refractivity contribution is -0.140. The monoisotopic (exact) mass is 387 g/mol. The van der Waals surface area contributed by atoms with Crippen LogP contribution in [-0.4, -0.2) is 34.7 Å². The van der Waals surface area contributed by atoms with Crippen LogP contribution in [-0.2, 0) is 16.0 Å². The fourth-order valence-electron chi connectivity index (χ4n) is 3.95. The van der Waals surface area contributed by atoms with Crippen molar-refractivity contribution in [3.63, 3.8) is 0 Å². The fraction of sp³-hybridized carbons (Fsp3) is 0.300. The number of ether oxygens (including phenoxy) is 1. The molecule has 0 saturated heterocycles. The number of carboxylic acids is 1. The van der Waals surface area contributed by atoms with Crippen LogP contribution in [0.2, 0.25) is 5.02 Å². The third kappa shape index (κ3) is 2.63. The van der Waals surface area contributed by atoms with Crippen LogP contribution >= 0.6 is 11.6 Å². The zero-order valence-electron chi connectivity index (χ0n) is 14.6. The van der Waals surface area contributed by atoms with E-state index >= 15 is 0 Å². The van der Waals surface area contributed by atoms with E-state index < -0.39 is 23.8 Å². The van der Waals surface area contributed by atoms with Crippen molar-refractivity contribution >= 4 is 29.2 Å². The first kappa shape index (κ1) is 17.7. The number of aliphatic carboxylic acids is 1. The van der Waals surface area contributed by atoms with Gasteiger partial charge in [-0.05, 0) is 30.2 Å². The second-order valence-corrected chi connectivity index (χ2v) is 7.10. The molecule has 0 saturated carbocycles. The quantitative estimate of drug-likeness (QED) is 0.840. The molecule has 2 N–H and O–H groups in total. The SMILES string of the molecule is CCC(C(=O)O)N1C(=O)C(c2cc3c(cc2O)OCC3)c2c(Cl)cccc21. The first-order chi connectivity index (χ1) is 12.9. The van der Waals surface area contributed by atoms with Crippen molar-refractivity contribution < 1.29 is 24.5 Å². The summed E-state index contributed by atoms with van der Waals surface area (Å²) in [5.41, 5.74) is 2.33. The van der Waals surface area contributed by atoms with Gasteiger partial charge in [0.05, 0.1) is 18.2 Å². The molecule has 2 heterocycles. The molecule has 0 radical (unpaired) electrons. The predicted molar refractivity (Wildman–Crippen MR) is 99.8 cm³/mol. The topological polar surface area (TPSA) is 87.1 Å². The van der Waals surface area contributed by atoms with Crippen LogP contribution < -0.4 is 9.64 Å². The zero-order chi connectivity index (χ0) is 19.3. The Morgan fingerprint density at radius 2 is 2.19 bits per heavy atom. The average molecular weight is 388 g/mol. The van der Waals surface area contributed by atoms with Gasteiger partial charge in [0.2, 0.25) is 5.91 Å². The highest BCUT2D eigenvalue weighted by atomic mass is 35.5. The molecule has 2 aliphatic heterocycles. The van der Waals surface area contributed by atoms with Gasteiger partial charge in [0.1, 0.15) is 17.5 Å². The first-order valence-electron chi connectivity index (χ1n) is 8.76. The molecule has 0 aliphatic carbocycles. The number of carboxylic acid groups (broad SMARTS) is 1. The number of phenolic OH excluding ortho intramolecular Hbond substituents is 1. The summed E-state index contributed by atoms with van der Waals surface area (Å²) in [6, 6.07) is 7.32. The lowest BCUT2D eigenvalue weighted by atomic mass is 9.90. The molecule has 2 atom stereocenters. The number of benzene rings is 2. The van der Waals surface area contributed by atoms with E-state index in [9.17, 15) is 19.8 Å². The van der Waals surface area contributed by atoms with E-state index in [4.69, 9.17) is 16.3 Å². The minimum Gasteiger partial charge on any atom is -0.507 e. The van der Waals surface area contributed by atoms with Crippen LogP contribution in [0, 0.1) is 0 Å². The van der Waals surface area contributed by atoms with E-state index in [-0.39, 0.29) is 12.2 Å². The second-order valence-electron chi connectivity index (χ2n) is 6.69. The van der Waals surface area contributed by atoms with E-state index in [1.54, 1.807) is 31.2 Å². The Kier molecular flexibility index (Phi) is 4.23. The Morgan fingerprint density at radius 1 is 1.41 bits per heavy atom. The standard InChI is InChI=1S/C20H18ClNO5/c1-2-13(20(25)26)22-14-5-3-4-12(21)18(14)17(19(22)24)11-8-10-6-7-27-16(10)9-15(11)23/h3-5,8-9,13,17,23H,2,6-7H2,1H3,(H,25,26). The fourth-order valence-corrected chi connectivity index (χ4v) is 4.22. The number of fused-ring (bicyclic) bond motifs is 2. The summed E-state index contributed by atoms with van der Waals surface area (Å²) >= 11 is 6.41. The molecule has 1 amide bonds. The smallest absolute Gasteiger partial charge is 0.326 e. The van der Waals surface area contributed by atoms with E-state index in [2.05, 4.69) is 0 Å². The molecular formula is C20H18ClNO5. The molecule has 2 aliphatic rings. The minimum absolute atomic E-state index is 0.0647. The van der Waals surface area contributed by atoms with E-state index in [1.165, 1.54) is 11.0 Å². The number of hydrogen-bond acceptors (Lipinski definition) is 4. The van der Waals surface area contributed by atoms with Gasteiger partial charge in [-0.2, -0.15) is 0 Å². The van der Waals surface area contributed by atoms with Crippen molar-refractivity contribution in [2.24, 2.45) is 0 Å². The molecule has 4 rings (SSSR count). The number of amides is 1. The molecule has 0 bridgehead atoms. The maximum absolute atomic E-state index is 13.3. The molecule has 2 aromatic carbocycles. The van der Waals surface area contributed by atoms with Gasteiger partial charge >= 0.3 is 5.97 Å². The molecule has 7 heteroatoms. The summed E-state index contributed by atoms with van der Waals surface area (Å²) in [5.74, 6) is -1.79. The van der Waals surface area contributed by atoms with Crippen LogP contribution in [0.4, 0.5) is 5.69 Å². The number of phenols is 1. The summed E-state index contributed by atoms with van der Waals surface area (Å²) in [6.07, 6.45) is 0.944. The van der Waals surface area contributed by atoms with Crippen LogP contribution in [0.25, 0.3) is 0 Å². The molecule has 0 fully saturated rings. The Balaban J connectivity index is 1.91. The average Bonchev–Trinajstić information content (AvgIpc) is 3.18. The number of anilines is 1. The molecule has 0 aromatic heterocycles. The molecular weight excluding hydrogens is 370 g/mol. The van der Waals surface area contributed by atoms with Crippen molar-refractivity contribution in [1.29, 1.82) is 0 Å². The lowest BCUT2D eigenvalue weighted by Gasteiger charge is -2.24. The van der Waals surface area contributed by atoms with Crippen molar-refractivity contribution in [2.45, 2.75) is 31.7 Å². The van der Waals surface area contributed by atoms with Crippen molar-refractivity contribution in [3.05, 3.63) is 52.0 Å². The van der Waals surface area contributed by atoms with E-state index in [0.29, 0.717) is 40.6 Å². The third-order valence-corrected chi connectivity index (χ3v) is 5.53. The predicted octanol–water partition coefficient (Wildman–Crippen LogP) is 3.32. The molecule has 2 aromatic rings. The molecule has 140 valence electrons. The minimum atomic E-state index is -1.08. The molecule has 27 heavy (non-hydrogen) atoms. The molecule has 0 spiro atoms. The van der Waals surface area contributed by atoms with Crippen LogP contribution in [0.5, 0.6) is 11.5 Å². The second kappa shape index (κ2) is 6.46. The Hall–Kier alpha value is -2.73. The highest BCUT2D eigenvalue weighted by Gasteiger charge is 2.45. The number of carbonyl (C=O) groups is 2. The van der Waals surface area contributed by atoms with Gasteiger partial charge in [0.15, 0.2) is 0 Å². The third-order valence-electron chi connectivity index (χ3n) is 5.20. The zero-order valence-corrected chi connectivity index (χ0v) is 15.4. The van der Waals surface area contributed by atoms with Crippen molar-refractivity contribution in [2.75, 3.05) is 11.5 Å². The molecule has 6 nitrogen and oxygen atoms in total. The van der Waals surface area contributed by atoms with Gasteiger partial charge in [0, 0.05) is 28.6 Å². The van der Waals surface area contributed by atoms with Crippen molar-refractivity contribution in [3.8, 4) is 11.5 Å². The largest absolute Gasteiger partial charge is 0.507 e. The number of halogens is 1. The number of carbonyl (C=O) groups excluding carboxylic acids is 1. The van der Waals surface area contributed by atoms with Gasteiger partial charge in [-0.1, -0.05) is 24.6 Å². The summed E-state index contributed by atoms with van der Waals surface area (Å²) in [4.78, 5) is 26.4. The normalized spacial score (nSPS) is 18.8. The summed E-state index contributed by atoms with van der Waals surface area (Å²) in [7, 11) is 0. The highest BCUT2D eigenvalue weighted by molar-refractivity contribution is 6.33. The Morgan fingerprint density at radius 3 is 2.89 bits per heavy atom. The maximum Gasteiger partial charge on any atom is 0.326 e. The maximum atomic E-state index is 13.3. The molecule has 2 unspecified atom stereocenters. The Bertz CT molecular complexity index is 958. The van der Waals surface area contributed by atoms with Crippen molar-refractivity contribution in [1.82, 2.24) is 0 Å². The van der Waals surface area contributed by atoms with Crippen LogP contribution in [0.15, 0.2) is 30.3 Å². The van der Waals surface area contributed by atoms with E-state index in [1.807, 2.05) is 0 Å². The summed E-state index contributed by atoms with van der Waals surface area (Å²) < 4.78 is 5.47. The number of rotatable bonds is 4. The number of aromatic hydroxyl groups is 1. The van der Waals surface area contributed by atoms with Gasteiger partial charge < -0.3 is 14.9 Å². The van der Waals surface area contributed by atoms with Crippen LogP contribution in [0.3, 0.4) is 0 Å². The summed E-state index contributed by atoms with van der Waals surface area (Å²) in [6.45, 7) is 2.24. The number of nitrogens with zero attached hydrogens (tertiary/aromatic N) is 1. The Labute approximate surface area is 160 Å². The van der Waals surface area contributed by atoms with Crippen LogP contribution in [0.1, 0.15) is 36.0 Å².